The molecular formula is C14H18O5. The molecule has 5 heteroatoms. The van der Waals surface area contributed by atoms with Crippen molar-refractivity contribution in [2.45, 2.75) is 37.4 Å². The maximum Gasteiger partial charge on any atom is 0.343 e. The summed E-state index contributed by atoms with van der Waals surface area (Å²) in [5.74, 6) is -1.97. The van der Waals surface area contributed by atoms with Crippen molar-refractivity contribution in [3.63, 3.8) is 0 Å². The summed E-state index contributed by atoms with van der Waals surface area (Å²) in [6, 6.07) is 0. The molecule has 0 heterocycles. The van der Waals surface area contributed by atoms with Gasteiger partial charge in [0.1, 0.15) is 5.60 Å². The Labute approximate surface area is 111 Å². The number of carbonyl (C=O) groups is 2. The summed E-state index contributed by atoms with van der Waals surface area (Å²) in [7, 11) is 0. The Hall–Kier alpha value is -1.88. The molecule has 1 rings (SSSR count). The van der Waals surface area contributed by atoms with E-state index >= 15 is 0 Å². The molecule has 0 unspecified atom stereocenters. The number of hydrogen-bond acceptors (Lipinski definition) is 4. The van der Waals surface area contributed by atoms with Gasteiger partial charge in [-0.2, -0.15) is 0 Å². The molecule has 0 radical (unpaired) electrons. The lowest BCUT2D eigenvalue weighted by Gasteiger charge is -2.32. The van der Waals surface area contributed by atoms with Crippen molar-refractivity contribution in [3.05, 3.63) is 37.0 Å². The molecule has 104 valence electrons. The minimum Gasteiger partial charge on any atom is -0.479 e. The van der Waals surface area contributed by atoms with E-state index in [0.717, 1.165) is 31.1 Å². The molecule has 0 bridgehead atoms. The number of aliphatic hydroxyl groups is 1. The van der Waals surface area contributed by atoms with Crippen molar-refractivity contribution < 1.29 is 24.5 Å². The highest BCUT2D eigenvalue weighted by Crippen LogP contribution is 2.30. The van der Waals surface area contributed by atoms with Gasteiger partial charge >= 0.3 is 11.9 Å². The number of aliphatic carboxylic acids is 1. The lowest BCUT2D eigenvalue weighted by molar-refractivity contribution is -0.150. The summed E-state index contributed by atoms with van der Waals surface area (Å²) in [6.07, 6.45) is 8.35. The topological polar surface area (TPSA) is 83.8 Å². The van der Waals surface area contributed by atoms with E-state index in [4.69, 9.17) is 9.84 Å². The molecule has 0 atom stereocenters. The van der Waals surface area contributed by atoms with Crippen LogP contribution in [0.15, 0.2) is 37.0 Å². The van der Waals surface area contributed by atoms with E-state index < -0.39 is 23.1 Å². The highest BCUT2D eigenvalue weighted by atomic mass is 16.6. The van der Waals surface area contributed by atoms with Crippen molar-refractivity contribution in [3.8, 4) is 0 Å². The molecule has 0 saturated carbocycles. The van der Waals surface area contributed by atoms with Crippen LogP contribution in [0.25, 0.3) is 0 Å². The molecule has 0 saturated heterocycles. The van der Waals surface area contributed by atoms with E-state index in [1.54, 1.807) is 0 Å². The Morgan fingerprint density at radius 3 is 2.32 bits per heavy atom. The van der Waals surface area contributed by atoms with E-state index in [0.29, 0.717) is 6.42 Å². The first kappa shape index (κ1) is 15.2. The molecular weight excluding hydrogens is 248 g/mol. The third-order valence-electron chi connectivity index (χ3n) is 2.96. The molecule has 0 fully saturated rings. The van der Waals surface area contributed by atoms with Crippen LogP contribution < -0.4 is 0 Å². The fraction of sp³-hybridized carbons (Fsp3) is 0.429. The first-order valence-electron chi connectivity index (χ1n) is 6.09. The maximum absolute atomic E-state index is 11.4. The van der Waals surface area contributed by atoms with Crippen LogP contribution in [0.2, 0.25) is 0 Å². The maximum atomic E-state index is 11.4. The van der Waals surface area contributed by atoms with Gasteiger partial charge in [-0.1, -0.05) is 19.9 Å². The van der Waals surface area contributed by atoms with Crippen LogP contribution in [0.4, 0.5) is 0 Å². The molecule has 0 aliphatic heterocycles. The fourth-order valence-electron chi connectivity index (χ4n) is 1.76. The largest absolute Gasteiger partial charge is 0.479 e. The van der Waals surface area contributed by atoms with Gasteiger partial charge in [0.2, 0.25) is 0 Å². The van der Waals surface area contributed by atoms with Crippen molar-refractivity contribution >= 4 is 11.9 Å². The van der Waals surface area contributed by atoms with Crippen LogP contribution in [0.1, 0.15) is 26.2 Å². The number of esters is 1. The molecule has 0 aromatic carbocycles. The van der Waals surface area contributed by atoms with Gasteiger partial charge in [0.25, 0.3) is 0 Å². The van der Waals surface area contributed by atoms with Gasteiger partial charge in [-0.05, 0) is 37.1 Å². The zero-order valence-corrected chi connectivity index (χ0v) is 10.8. The van der Waals surface area contributed by atoms with Gasteiger partial charge in [-0.25, -0.2) is 9.59 Å². The first-order valence-corrected chi connectivity index (χ1v) is 6.09. The number of carbonyl (C=O) groups excluding carboxylic acids is 1. The zero-order valence-electron chi connectivity index (χ0n) is 10.8. The van der Waals surface area contributed by atoms with Crippen LogP contribution in [0.5, 0.6) is 0 Å². The minimum absolute atomic E-state index is 0.520. The van der Waals surface area contributed by atoms with Gasteiger partial charge in [-0.15, -0.1) is 0 Å². The number of unbranched alkanes of at least 4 members (excludes halogenated alkanes) is 1. The summed E-state index contributed by atoms with van der Waals surface area (Å²) >= 11 is 0. The Bertz CT molecular complexity index is 419. The summed E-state index contributed by atoms with van der Waals surface area (Å²) in [6.45, 7) is 5.32. The smallest absolute Gasteiger partial charge is 0.343 e. The molecule has 2 N–H and O–H groups in total. The first-order chi connectivity index (χ1) is 8.87. The Balaban J connectivity index is 2.96. The third-order valence-corrected chi connectivity index (χ3v) is 2.96. The number of carboxylic acids is 1. The van der Waals surface area contributed by atoms with E-state index in [1.807, 2.05) is 6.92 Å². The highest BCUT2D eigenvalue weighted by Gasteiger charge is 2.38. The molecule has 0 spiro atoms. The van der Waals surface area contributed by atoms with Crippen molar-refractivity contribution in [1.82, 2.24) is 0 Å². The van der Waals surface area contributed by atoms with Crippen molar-refractivity contribution in [1.29, 1.82) is 0 Å². The van der Waals surface area contributed by atoms with E-state index in [9.17, 15) is 14.7 Å². The van der Waals surface area contributed by atoms with Crippen molar-refractivity contribution in [2.24, 2.45) is 0 Å². The van der Waals surface area contributed by atoms with E-state index in [2.05, 4.69) is 6.58 Å². The SMILES string of the molecule is C=CC(=O)OC1(CCCC)C=CC(O)(C(=O)O)C=C1. The number of rotatable bonds is 6. The van der Waals surface area contributed by atoms with Gasteiger partial charge in [0.05, 0.1) is 0 Å². The second kappa shape index (κ2) is 5.84. The predicted octanol–water partition coefficient (Wildman–Crippen LogP) is 1.59. The molecule has 1 aliphatic carbocycles. The summed E-state index contributed by atoms with van der Waals surface area (Å²) in [5, 5.41) is 18.7. The second-order valence-electron chi connectivity index (χ2n) is 4.48. The summed E-state index contributed by atoms with van der Waals surface area (Å²) < 4.78 is 5.27. The lowest BCUT2D eigenvalue weighted by Crippen LogP contribution is -2.41. The summed E-state index contributed by atoms with van der Waals surface area (Å²) in [4.78, 5) is 22.3. The monoisotopic (exact) mass is 266 g/mol. The average Bonchev–Trinajstić information content (AvgIpc) is 2.39. The van der Waals surface area contributed by atoms with Crippen LogP contribution in [-0.2, 0) is 14.3 Å². The van der Waals surface area contributed by atoms with Gasteiger partial charge in [0.15, 0.2) is 5.60 Å². The minimum atomic E-state index is -2.05. The normalized spacial score (nSPS) is 28.9. The highest BCUT2D eigenvalue weighted by molar-refractivity contribution is 5.84. The van der Waals surface area contributed by atoms with E-state index in [-0.39, 0.29) is 0 Å². The van der Waals surface area contributed by atoms with Crippen LogP contribution in [-0.4, -0.2) is 33.4 Å². The Kier molecular flexibility index (Phi) is 4.67. The number of carboxylic acid groups (broad SMARTS) is 1. The molecule has 0 aromatic heterocycles. The quantitative estimate of drug-likeness (QED) is 0.433. The third kappa shape index (κ3) is 3.54. The lowest BCUT2D eigenvalue weighted by atomic mass is 9.86. The molecule has 0 amide bonds. The average molecular weight is 266 g/mol. The molecule has 5 nitrogen and oxygen atoms in total. The van der Waals surface area contributed by atoms with Gasteiger partial charge in [-0.3, -0.25) is 0 Å². The van der Waals surface area contributed by atoms with Gasteiger partial charge in [0, 0.05) is 6.08 Å². The zero-order chi connectivity index (χ0) is 14.5. The molecule has 19 heavy (non-hydrogen) atoms. The van der Waals surface area contributed by atoms with Crippen molar-refractivity contribution in [2.75, 3.05) is 0 Å². The van der Waals surface area contributed by atoms with Crippen LogP contribution in [0, 0.1) is 0 Å². The van der Waals surface area contributed by atoms with Crippen LogP contribution in [0.3, 0.4) is 0 Å². The second-order valence-corrected chi connectivity index (χ2v) is 4.48. The van der Waals surface area contributed by atoms with Gasteiger partial charge < -0.3 is 14.9 Å². The molecule has 0 aromatic rings. The summed E-state index contributed by atoms with van der Waals surface area (Å²) in [5.41, 5.74) is -3.06. The fourth-order valence-corrected chi connectivity index (χ4v) is 1.76. The van der Waals surface area contributed by atoms with Crippen LogP contribution >= 0.6 is 0 Å². The van der Waals surface area contributed by atoms with E-state index in [1.165, 1.54) is 12.2 Å². The number of ether oxygens (including phenoxy) is 1. The standard InChI is InChI=1S/C14H18O5/c1-3-5-6-13(19-11(15)4-2)7-9-14(18,10-8-13)12(16)17/h4,7-10,18H,2-3,5-6H2,1H3,(H,16,17). The Morgan fingerprint density at radius 1 is 1.32 bits per heavy atom. The predicted molar refractivity (Wildman–Crippen MR) is 69.4 cm³/mol. The molecule has 1 aliphatic rings. The number of hydrogen-bond donors (Lipinski definition) is 2. The Morgan fingerprint density at radius 2 is 1.89 bits per heavy atom.